The predicted molar refractivity (Wildman–Crippen MR) is 66.5 cm³/mol. The lowest BCUT2D eigenvalue weighted by atomic mass is 10.2. The van der Waals surface area contributed by atoms with Crippen LogP contribution in [0.2, 0.25) is 0 Å². The summed E-state index contributed by atoms with van der Waals surface area (Å²) < 4.78 is 5.05. The molecule has 0 aromatic heterocycles. The molecule has 0 N–H and O–H groups in total. The fraction of sp³-hybridized carbons (Fsp3) is 0.917. The van der Waals surface area contributed by atoms with Gasteiger partial charge in [-0.05, 0) is 13.0 Å². The van der Waals surface area contributed by atoms with Gasteiger partial charge in [-0.25, -0.2) is 0 Å². The molecule has 1 amide bonds. The van der Waals surface area contributed by atoms with Gasteiger partial charge >= 0.3 is 0 Å². The van der Waals surface area contributed by atoms with Crippen molar-refractivity contribution in [1.29, 1.82) is 0 Å². The van der Waals surface area contributed by atoms with Crippen molar-refractivity contribution in [2.24, 2.45) is 0 Å². The predicted octanol–water partition coefficient (Wildman–Crippen LogP) is 1.21. The van der Waals surface area contributed by atoms with Gasteiger partial charge in [0.15, 0.2) is 0 Å². The van der Waals surface area contributed by atoms with E-state index in [0.717, 1.165) is 19.5 Å². The molecule has 0 bridgehead atoms. The maximum atomic E-state index is 11.6. The first-order valence-corrected chi connectivity index (χ1v) is 6.03. The summed E-state index contributed by atoms with van der Waals surface area (Å²) in [5.41, 5.74) is 0. The molecule has 0 aromatic carbocycles. The third kappa shape index (κ3) is 7.65. The Labute approximate surface area is 99.5 Å². The number of ether oxygens (including phenoxy) is 1. The Kier molecular flexibility index (Phi) is 9.24. The zero-order valence-electron chi connectivity index (χ0n) is 11.2. The number of amides is 1. The van der Waals surface area contributed by atoms with Gasteiger partial charge in [0.1, 0.15) is 0 Å². The van der Waals surface area contributed by atoms with Crippen LogP contribution in [0.15, 0.2) is 0 Å². The average Bonchev–Trinajstić information content (AvgIpc) is 2.25. The minimum atomic E-state index is 0.160. The van der Waals surface area contributed by atoms with E-state index in [4.69, 9.17) is 4.74 Å². The van der Waals surface area contributed by atoms with E-state index in [9.17, 15) is 4.79 Å². The SMILES string of the molecule is CCCCCN(CCOC)CC(=O)N(C)C. The molecular weight excluding hydrogens is 204 g/mol. The average molecular weight is 230 g/mol. The monoisotopic (exact) mass is 230 g/mol. The van der Waals surface area contributed by atoms with Crippen LogP contribution in [0.5, 0.6) is 0 Å². The molecule has 0 heterocycles. The summed E-state index contributed by atoms with van der Waals surface area (Å²) in [7, 11) is 5.28. The van der Waals surface area contributed by atoms with Gasteiger partial charge in [0.2, 0.25) is 5.91 Å². The van der Waals surface area contributed by atoms with Crippen molar-refractivity contribution in [3.63, 3.8) is 0 Å². The topological polar surface area (TPSA) is 32.8 Å². The van der Waals surface area contributed by atoms with E-state index in [0.29, 0.717) is 13.2 Å². The van der Waals surface area contributed by atoms with Crippen molar-refractivity contribution in [3.05, 3.63) is 0 Å². The van der Waals surface area contributed by atoms with Crippen molar-refractivity contribution >= 4 is 5.91 Å². The zero-order valence-corrected chi connectivity index (χ0v) is 11.2. The van der Waals surface area contributed by atoms with Crippen molar-refractivity contribution in [2.45, 2.75) is 26.2 Å². The second kappa shape index (κ2) is 9.60. The first-order chi connectivity index (χ1) is 7.61. The minimum absolute atomic E-state index is 0.160. The van der Waals surface area contributed by atoms with E-state index in [1.165, 1.54) is 12.8 Å². The Balaban J connectivity index is 3.93. The maximum Gasteiger partial charge on any atom is 0.236 e. The summed E-state index contributed by atoms with van der Waals surface area (Å²) in [5, 5.41) is 0. The number of hydrogen-bond acceptors (Lipinski definition) is 3. The molecule has 0 fully saturated rings. The number of unbranched alkanes of at least 4 members (excludes halogenated alkanes) is 2. The Bertz CT molecular complexity index is 184. The molecule has 0 unspecified atom stereocenters. The molecule has 0 aromatic rings. The molecule has 0 aliphatic heterocycles. The van der Waals surface area contributed by atoms with Gasteiger partial charge in [0, 0.05) is 27.7 Å². The fourth-order valence-corrected chi connectivity index (χ4v) is 1.41. The number of carbonyl (C=O) groups is 1. The van der Waals surface area contributed by atoms with Gasteiger partial charge in [-0.3, -0.25) is 9.69 Å². The fourth-order valence-electron chi connectivity index (χ4n) is 1.41. The van der Waals surface area contributed by atoms with Crippen molar-refractivity contribution in [1.82, 2.24) is 9.80 Å². The summed E-state index contributed by atoms with van der Waals surface area (Å²) in [6.45, 7) is 5.19. The quantitative estimate of drug-likeness (QED) is 0.558. The Morgan fingerprint density at radius 3 is 2.38 bits per heavy atom. The van der Waals surface area contributed by atoms with Crippen LogP contribution >= 0.6 is 0 Å². The molecule has 0 atom stereocenters. The van der Waals surface area contributed by atoms with Gasteiger partial charge in [-0.15, -0.1) is 0 Å². The lowest BCUT2D eigenvalue weighted by Gasteiger charge is -2.23. The van der Waals surface area contributed by atoms with Crippen LogP contribution in [0.3, 0.4) is 0 Å². The normalized spacial score (nSPS) is 10.8. The summed E-state index contributed by atoms with van der Waals surface area (Å²) in [6, 6.07) is 0. The third-order valence-electron chi connectivity index (χ3n) is 2.55. The number of likely N-dealkylation sites (N-methyl/N-ethyl adjacent to an activating group) is 1. The smallest absolute Gasteiger partial charge is 0.236 e. The molecule has 0 saturated carbocycles. The van der Waals surface area contributed by atoms with Crippen LogP contribution in [0.25, 0.3) is 0 Å². The molecule has 4 heteroatoms. The number of nitrogens with zero attached hydrogens (tertiary/aromatic N) is 2. The van der Waals surface area contributed by atoms with E-state index in [1.807, 2.05) is 0 Å². The van der Waals surface area contributed by atoms with E-state index < -0.39 is 0 Å². The Hall–Kier alpha value is -0.610. The second-order valence-corrected chi connectivity index (χ2v) is 4.26. The molecule has 0 aliphatic carbocycles. The van der Waals surface area contributed by atoms with Gasteiger partial charge < -0.3 is 9.64 Å². The first-order valence-electron chi connectivity index (χ1n) is 6.03. The lowest BCUT2D eigenvalue weighted by Crippen LogP contribution is -2.38. The first kappa shape index (κ1) is 15.4. The molecule has 0 radical (unpaired) electrons. The summed E-state index contributed by atoms with van der Waals surface area (Å²) in [5.74, 6) is 0.160. The van der Waals surface area contributed by atoms with Gasteiger partial charge in [-0.1, -0.05) is 19.8 Å². The number of rotatable bonds is 9. The highest BCUT2D eigenvalue weighted by Gasteiger charge is 2.11. The molecule has 0 saturated heterocycles. The number of carbonyl (C=O) groups excluding carboxylic acids is 1. The standard InChI is InChI=1S/C12H26N2O2/c1-5-6-7-8-14(9-10-16-4)11-12(15)13(2)3/h5-11H2,1-4H3. The molecule has 16 heavy (non-hydrogen) atoms. The van der Waals surface area contributed by atoms with Crippen molar-refractivity contribution in [2.75, 3.05) is 47.4 Å². The van der Waals surface area contributed by atoms with Crippen LogP contribution in [-0.2, 0) is 9.53 Å². The molecule has 4 nitrogen and oxygen atoms in total. The van der Waals surface area contributed by atoms with Gasteiger partial charge in [-0.2, -0.15) is 0 Å². The summed E-state index contributed by atoms with van der Waals surface area (Å²) >= 11 is 0. The van der Waals surface area contributed by atoms with E-state index >= 15 is 0 Å². The largest absolute Gasteiger partial charge is 0.383 e. The van der Waals surface area contributed by atoms with Crippen LogP contribution < -0.4 is 0 Å². The molecule has 96 valence electrons. The number of hydrogen-bond donors (Lipinski definition) is 0. The van der Waals surface area contributed by atoms with E-state index in [1.54, 1.807) is 26.1 Å². The Morgan fingerprint density at radius 2 is 1.88 bits per heavy atom. The Morgan fingerprint density at radius 1 is 1.19 bits per heavy atom. The molecule has 0 aliphatic rings. The second-order valence-electron chi connectivity index (χ2n) is 4.26. The summed E-state index contributed by atoms with van der Waals surface area (Å²) in [6.07, 6.45) is 3.58. The molecular formula is C12H26N2O2. The van der Waals surface area contributed by atoms with Crippen LogP contribution in [0.4, 0.5) is 0 Å². The van der Waals surface area contributed by atoms with E-state index in [2.05, 4.69) is 11.8 Å². The highest BCUT2D eigenvalue weighted by molar-refractivity contribution is 5.77. The number of methoxy groups -OCH3 is 1. The molecule has 0 spiro atoms. The van der Waals surface area contributed by atoms with Crippen molar-refractivity contribution < 1.29 is 9.53 Å². The lowest BCUT2D eigenvalue weighted by molar-refractivity contribution is -0.130. The molecule has 0 rings (SSSR count). The third-order valence-corrected chi connectivity index (χ3v) is 2.55. The highest BCUT2D eigenvalue weighted by Crippen LogP contribution is 1.99. The van der Waals surface area contributed by atoms with Crippen molar-refractivity contribution in [3.8, 4) is 0 Å². The van der Waals surface area contributed by atoms with Gasteiger partial charge in [0.05, 0.1) is 13.2 Å². The minimum Gasteiger partial charge on any atom is -0.383 e. The highest BCUT2D eigenvalue weighted by atomic mass is 16.5. The van der Waals surface area contributed by atoms with Gasteiger partial charge in [0.25, 0.3) is 0 Å². The summed E-state index contributed by atoms with van der Waals surface area (Å²) in [4.78, 5) is 15.4. The van der Waals surface area contributed by atoms with Crippen LogP contribution in [-0.4, -0.2) is 63.2 Å². The van der Waals surface area contributed by atoms with Crippen LogP contribution in [0.1, 0.15) is 26.2 Å². The maximum absolute atomic E-state index is 11.6. The van der Waals surface area contributed by atoms with Crippen LogP contribution in [0, 0.1) is 0 Å². The van der Waals surface area contributed by atoms with E-state index in [-0.39, 0.29) is 5.91 Å². The zero-order chi connectivity index (χ0) is 12.4.